The quantitative estimate of drug-likeness (QED) is 0.289. The topological polar surface area (TPSA) is 80.4 Å². The van der Waals surface area contributed by atoms with Crippen molar-refractivity contribution in [3.8, 4) is 5.75 Å². The van der Waals surface area contributed by atoms with Gasteiger partial charge in [0, 0.05) is 16.6 Å². The second-order valence-corrected chi connectivity index (χ2v) is 9.13. The molecule has 0 atom stereocenters. The maximum absolute atomic E-state index is 12.8. The largest absolute Gasteiger partial charge is 0.505 e. The summed E-state index contributed by atoms with van der Waals surface area (Å²) in [7, 11) is -3.86. The molecule has 0 radical (unpaired) electrons. The van der Waals surface area contributed by atoms with Crippen molar-refractivity contribution in [3.05, 3.63) is 86.8 Å². The van der Waals surface area contributed by atoms with Crippen molar-refractivity contribution < 1.29 is 17.9 Å². The summed E-state index contributed by atoms with van der Waals surface area (Å²) < 4.78 is 29.0. The van der Waals surface area contributed by atoms with Crippen molar-refractivity contribution in [2.75, 3.05) is 5.32 Å². The highest BCUT2D eigenvalue weighted by atomic mass is 79.9. The molecule has 0 spiro atoms. The number of nitrogens with one attached hydrogen (secondary N) is 2. The normalized spacial score (nSPS) is 12.0. The number of rotatable bonds is 4. The minimum absolute atomic E-state index is 0.0400. The molecule has 28 heavy (non-hydrogen) atoms. The fraction of sp³-hybridized carbons (Fsp3) is 0. The van der Waals surface area contributed by atoms with Crippen molar-refractivity contribution in [3.63, 3.8) is 0 Å². The van der Waals surface area contributed by atoms with Gasteiger partial charge in [0.2, 0.25) is 0 Å². The molecule has 9 heteroatoms. The van der Waals surface area contributed by atoms with Gasteiger partial charge in [0.1, 0.15) is 10.6 Å². The van der Waals surface area contributed by atoms with E-state index in [1.165, 1.54) is 24.3 Å². The second-order valence-electron chi connectivity index (χ2n) is 5.71. The first-order chi connectivity index (χ1) is 13.3. The summed E-state index contributed by atoms with van der Waals surface area (Å²) in [5.41, 5.74) is 1.01. The van der Waals surface area contributed by atoms with Crippen LogP contribution in [0.2, 0.25) is 10.0 Å². The molecule has 5 nitrogen and oxygen atoms in total. The van der Waals surface area contributed by atoms with Crippen LogP contribution in [-0.2, 0) is 10.0 Å². The van der Waals surface area contributed by atoms with Gasteiger partial charge < -0.3 is 5.11 Å². The number of amidine groups is 1. The standard InChI is InChI=1S/C19H13BrCl2N2O3S/c20-13-6-8-15(9-7-13)28(26,27)24-19(12-4-2-1-3-5-12)23-14-10-16(21)18(25)17(22)11-14/h1-11,25H,(H,23,24)/p+1. The molecule has 3 aromatic carbocycles. The summed E-state index contributed by atoms with van der Waals surface area (Å²) in [6, 6.07) is 18.0. The third-order valence-electron chi connectivity index (χ3n) is 3.71. The highest BCUT2D eigenvalue weighted by Crippen LogP contribution is 2.34. The predicted molar refractivity (Wildman–Crippen MR) is 115 cm³/mol. The van der Waals surface area contributed by atoms with E-state index in [9.17, 15) is 13.5 Å². The minimum atomic E-state index is -3.86. The van der Waals surface area contributed by atoms with Crippen molar-refractivity contribution in [1.82, 2.24) is 0 Å². The summed E-state index contributed by atoms with van der Waals surface area (Å²) >= 11 is 15.2. The maximum Gasteiger partial charge on any atom is 0.328 e. The number of sulfonamides is 1. The Morgan fingerprint density at radius 3 is 2.11 bits per heavy atom. The molecule has 3 aromatic rings. The molecule has 3 N–H and O–H groups in total. The van der Waals surface area contributed by atoms with Crippen molar-refractivity contribution >= 4 is 60.7 Å². The molecule has 0 unspecified atom stereocenters. The molecule has 0 aromatic heterocycles. The predicted octanol–water partition coefficient (Wildman–Crippen LogP) is 3.79. The SMILES string of the molecule is O=S(=O)([NH+]=C(Nc1cc(Cl)c(O)c(Cl)c1)c1ccccc1)c1ccc(Br)cc1. The van der Waals surface area contributed by atoms with Gasteiger partial charge in [0.15, 0.2) is 5.75 Å². The Balaban J connectivity index is 2.07. The number of halogens is 3. The summed E-state index contributed by atoms with van der Waals surface area (Å²) in [6.07, 6.45) is 0. The molecule has 0 heterocycles. The lowest BCUT2D eigenvalue weighted by Gasteiger charge is -2.07. The van der Waals surface area contributed by atoms with E-state index in [1.807, 2.05) is 6.07 Å². The Labute approximate surface area is 180 Å². The van der Waals surface area contributed by atoms with Crippen LogP contribution in [0.4, 0.5) is 5.69 Å². The fourth-order valence-electron chi connectivity index (χ4n) is 2.35. The van der Waals surface area contributed by atoms with Crippen molar-refractivity contribution in [2.24, 2.45) is 0 Å². The maximum atomic E-state index is 12.8. The second kappa shape index (κ2) is 8.53. The van der Waals surface area contributed by atoms with Gasteiger partial charge in [-0.2, -0.15) is 12.8 Å². The zero-order valence-electron chi connectivity index (χ0n) is 14.2. The minimum Gasteiger partial charge on any atom is -0.505 e. The molecule has 3 rings (SSSR count). The smallest absolute Gasteiger partial charge is 0.328 e. The van der Waals surface area contributed by atoms with Crippen LogP contribution in [0.1, 0.15) is 5.56 Å². The van der Waals surface area contributed by atoms with Gasteiger partial charge >= 0.3 is 10.0 Å². The zero-order chi connectivity index (χ0) is 20.3. The van der Waals surface area contributed by atoms with Gasteiger partial charge in [-0.1, -0.05) is 57.3 Å². The number of anilines is 1. The fourth-order valence-corrected chi connectivity index (χ4v) is 4.15. The first kappa shape index (κ1) is 20.7. The Morgan fingerprint density at radius 1 is 0.964 bits per heavy atom. The van der Waals surface area contributed by atoms with Gasteiger partial charge in [-0.25, -0.2) is 5.32 Å². The van der Waals surface area contributed by atoms with Gasteiger partial charge in [-0.05, 0) is 36.4 Å². The highest BCUT2D eigenvalue weighted by Gasteiger charge is 2.21. The average Bonchev–Trinajstić information content (AvgIpc) is 2.66. The lowest BCUT2D eigenvalue weighted by Crippen LogP contribution is -2.78. The molecule has 0 aliphatic heterocycles. The van der Waals surface area contributed by atoms with Crippen LogP contribution in [0.25, 0.3) is 0 Å². The molecule has 0 aliphatic carbocycles. The number of phenols is 1. The molecular formula is C19H14BrCl2N2O3S+. The van der Waals surface area contributed by atoms with Crippen LogP contribution >= 0.6 is 39.1 Å². The van der Waals surface area contributed by atoms with E-state index in [0.717, 1.165) is 4.47 Å². The third kappa shape index (κ3) is 4.86. The molecule has 0 amide bonds. The van der Waals surface area contributed by atoms with Gasteiger partial charge in [0.25, 0.3) is 5.84 Å². The summed E-state index contributed by atoms with van der Waals surface area (Å²) in [6.45, 7) is 0. The van der Waals surface area contributed by atoms with Crippen LogP contribution in [0, 0.1) is 0 Å². The van der Waals surface area contributed by atoms with E-state index in [-0.39, 0.29) is 26.5 Å². The molecule has 144 valence electrons. The van der Waals surface area contributed by atoms with Gasteiger partial charge in [-0.3, -0.25) is 0 Å². The van der Waals surface area contributed by atoms with E-state index in [1.54, 1.807) is 36.4 Å². The third-order valence-corrected chi connectivity index (χ3v) is 6.18. The Hall–Kier alpha value is -2.06. The molecule has 0 fully saturated rings. The van der Waals surface area contributed by atoms with Gasteiger partial charge in [-0.15, -0.1) is 0 Å². The van der Waals surface area contributed by atoms with E-state index < -0.39 is 10.0 Å². The number of phenolic OH excluding ortho intramolecular Hbond substituents is 1. The molecule has 0 bridgehead atoms. The Morgan fingerprint density at radius 2 is 1.54 bits per heavy atom. The first-order valence-corrected chi connectivity index (χ1v) is 11.0. The Bertz CT molecular complexity index is 1110. The van der Waals surface area contributed by atoms with Crippen LogP contribution in [0.3, 0.4) is 0 Å². The van der Waals surface area contributed by atoms with Crippen molar-refractivity contribution in [2.45, 2.75) is 4.90 Å². The molecular weight excluding hydrogens is 487 g/mol. The zero-order valence-corrected chi connectivity index (χ0v) is 18.1. The summed E-state index contributed by atoms with van der Waals surface area (Å²) in [5, 5.41) is 12.8. The number of benzene rings is 3. The number of aromatic hydroxyl groups is 1. The number of hydrogen-bond acceptors (Lipinski definition) is 3. The van der Waals surface area contributed by atoms with E-state index in [2.05, 4.69) is 25.6 Å². The van der Waals surface area contributed by atoms with Gasteiger partial charge in [0.05, 0.1) is 15.6 Å². The van der Waals surface area contributed by atoms with Crippen molar-refractivity contribution in [1.29, 1.82) is 0 Å². The van der Waals surface area contributed by atoms with Crippen LogP contribution in [0.15, 0.2) is 76.1 Å². The first-order valence-electron chi connectivity index (χ1n) is 7.92. The number of hydrogen-bond donors (Lipinski definition) is 3. The van der Waals surface area contributed by atoms with E-state index in [0.29, 0.717) is 11.3 Å². The van der Waals surface area contributed by atoms with E-state index in [4.69, 9.17) is 23.2 Å². The lowest BCUT2D eigenvalue weighted by atomic mass is 10.2. The lowest BCUT2D eigenvalue weighted by molar-refractivity contribution is -0.266. The van der Waals surface area contributed by atoms with Crippen LogP contribution < -0.4 is 9.71 Å². The van der Waals surface area contributed by atoms with E-state index >= 15 is 0 Å². The average molecular weight is 501 g/mol. The Kier molecular flexibility index (Phi) is 6.30. The van der Waals surface area contributed by atoms with Crippen LogP contribution in [0.5, 0.6) is 5.75 Å². The molecule has 0 saturated heterocycles. The highest BCUT2D eigenvalue weighted by molar-refractivity contribution is 9.10. The summed E-state index contributed by atoms with van der Waals surface area (Å²) in [4.78, 5) is 0.104. The monoisotopic (exact) mass is 499 g/mol. The van der Waals surface area contributed by atoms with Crippen LogP contribution in [-0.4, -0.2) is 19.4 Å². The summed E-state index contributed by atoms with van der Waals surface area (Å²) in [5.74, 6) is -0.0353. The molecule has 0 saturated carbocycles. The molecule has 0 aliphatic rings.